The van der Waals surface area contributed by atoms with Crippen LogP contribution in [0.25, 0.3) is 0 Å². The molecule has 0 N–H and O–H groups in total. The topological polar surface area (TPSA) is 101 Å². The highest BCUT2D eigenvalue weighted by Crippen LogP contribution is 2.48. The largest absolute Gasteiger partial charge is 0.523 e. The third-order valence-corrected chi connectivity index (χ3v) is 7.95. The van der Waals surface area contributed by atoms with E-state index in [9.17, 15) is 48.0 Å². The van der Waals surface area contributed by atoms with Crippen LogP contribution in [0, 0.1) is 0 Å². The van der Waals surface area contributed by atoms with Crippen LogP contribution in [0.4, 0.5) is 37.7 Å². The number of amides is 1. The smallest absolute Gasteiger partial charge is 0.344 e. The normalized spacial score (nSPS) is 16.5. The zero-order valence-corrected chi connectivity index (χ0v) is 20.3. The molecule has 1 unspecified atom stereocenters. The van der Waals surface area contributed by atoms with Gasteiger partial charge in [0.2, 0.25) is 0 Å². The Bertz CT molecular complexity index is 1400. The standard InChI is InChI=1S/C20H18F6N2O6S2/c1-11(2)28(35(30,31)19(21,22)23)18(29)13-8-6-10-15-16(13)17(34-36(32,33)20(24,25)26)12-7-4-5-9-14(12)27(15)3/h4-11,17H,1-3H3. The second kappa shape index (κ2) is 8.92. The number of alkyl halides is 6. The number of fused-ring (bicyclic) bond motifs is 2. The molecule has 0 fully saturated rings. The fourth-order valence-electron chi connectivity index (χ4n) is 3.74. The first-order valence-electron chi connectivity index (χ1n) is 9.93. The summed E-state index contributed by atoms with van der Waals surface area (Å²) in [5.74, 6) is -1.73. The van der Waals surface area contributed by atoms with Gasteiger partial charge in [-0.15, -0.1) is 0 Å². The Balaban J connectivity index is 2.32. The number of benzene rings is 2. The molecule has 1 heterocycles. The highest BCUT2D eigenvalue weighted by atomic mass is 32.2. The first kappa shape index (κ1) is 27.7. The third kappa shape index (κ3) is 4.52. The summed E-state index contributed by atoms with van der Waals surface area (Å²) in [7, 11) is -11.1. The summed E-state index contributed by atoms with van der Waals surface area (Å²) in [5.41, 5.74) is -13.2. The zero-order chi connectivity index (χ0) is 27.4. The van der Waals surface area contributed by atoms with Crippen molar-refractivity contribution in [3.8, 4) is 0 Å². The monoisotopic (exact) mass is 560 g/mol. The van der Waals surface area contributed by atoms with Crippen molar-refractivity contribution >= 4 is 37.4 Å². The molecule has 36 heavy (non-hydrogen) atoms. The lowest BCUT2D eigenvalue weighted by Gasteiger charge is -2.36. The molecule has 0 radical (unpaired) electrons. The maximum absolute atomic E-state index is 13.3. The van der Waals surface area contributed by atoms with Gasteiger partial charge >= 0.3 is 31.2 Å². The van der Waals surface area contributed by atoms with E-state index in [0.29, 0.717) is 0 Å². The third-order valence-electron chi connectivity index (χ3n) is 5.24. The molecule has 1 aliphatic heterocycles. The Labute approximate surface area is 202 Å². The van der Waals surface area contributed by atoms with E-state index in [2.05, 4.69) is 4.18 Å². The van der Waals surface area contributed by atoms with Crippen LogP contribution >= 0.6 is 0 Å². The second-order valence-corrected chi connectivity index (χ2v) is 11.2. The molecule has 8 nitrogen and oxygen atoms in total. The number of anilines is 2. The van der Waals surface area contributed by atoms with Gasteiger partial charge in [0.1, 0.15) is 6.10 Å². The van der Waals surface area contributed by atoms with Gasteiger partial charge in [0.15, 0.2) is 0 Å². The fraction of sp³-hybridized carbons (Fsp3) is 0.350. The average Bonchev–Trinajstić information content (AvgIpc) is 2.74. The molecule has 198 valence electrons. The van der Waals surface area contributed by atoms with Crippen molar-refractivity contribution in [1.29, 1.82) is 0 Å². The number of carbonyl (C=O) groups is 1. The molecule has 1 aliphatic rings. The van der Waals surface area contributed by atoms with Crippen LogP contribution in [0.15, 0.2) is 42.5 Å². The SMILES string of the molecule is CC(C)N(C(=O)c1cccc2c1C(OS(=O)(=O)C(F)(F)F)c1ccccc1N2C)S(=O)(=O)C(F)(F)F. The molecule has 1 atom stereocenters. The number of carbonyl (C=O) groups excluding carboxylic acids is 1. The van der Waals surface area contributed by atoms with Crippen molar-refractivity contribution in [2.24, 2.45) is 0 Å². The first-order valence-corrected chi connectivity index (χ1v) is 12.8. The summed E-state index contributed by atoms with van der Waals surface area (Å²) in [6, 6.07) is 7.18. The Kier molecular flexibility index (Phi) is 6.87. The summed E-state index contributed by atoms with van der Waals surface area (Å²) < 4.78 is 132. The lowest BCUT2D eigenvalue weighted by atomic mass is 9.89. The van der Waals surface area contributed by atoms with Crippen LogP contribution in [-0.4, -0.2) is 51.2 Å². The lowest BCUT2D eigenvalue weighted by Crippen LogP contribution is -2.48. The van der Waals surface area contributed by atoms with E-state index >= 15 is 0 Å². The number of hydrogen-bond acceptors (Lipinski definition) is 7. The van der Waals surface area contributed by atoms with Crippen molar-refractivity contribution in [2.45, 2.75) is 37.0 Å². The van der Waals surface area contributed by atoms with Gasteiger partial charge in [-0.3, -0.25) is 4.79 Å². The van der Waals surface area contributed by atoms with E-state index < -0.39 is 64.6 Å². The molecule has 0 saturated heterocycles. The fourth-order valence-corrected chi connectivity index (χ4v) is 5.40. The molecular weight excluding hydrogens is 542 g/mol. The van der Waals surface area contributed by atoms with Crippen LogP contribution < -0.4 is 4.90 Å². The van der Waals surface area contributed by atoms with Gasteiger partial charge in [-0.2, -0.15) is 43.2 Å². The molecule has 0 aliphatic carbocycles. The average molecular weight is 560 g/mol. The Morgan fingerprint density at radius 2 is 1.47 bits per heavy atom. The summed E-state index contributed by atoms with van der Waals surface area (Å²) in [5, 5.41) is 0. The van der Waals surface area contributed by atoms with E-state index in [1.54, 1.807) is 0 Å². The van der Waals surface area contributed by atoms with Gasteiger partial charge in [0.05, 0.1) is 0 Å². The molecule has 1 amide bonds. The van der Waals surface area contributed by atoms with Gasteiger partial charge in [0, 0.05) is 41.2 Å². The minimum atomic E-state index is -6.27. The summed E-state index contributed by atoms with van der Waals surface area (Å²) >= 11 is 0. The maximum Gasteiger partial charge on any atom is 0.523 e. The highest BCUT2D eigenvalue weighted by Gasteiger charge is 2.54. The number of sulfonamides is 1. The van der Waals surface area contributed by atoms with Crippen LogP contribution in [0.2, 0.25) is 0 Å². The van der Waals surface area contributed by atoms with E-state index in [4.69, 9.17) is 0 Å². The Morgan fingerprint density at radius 1 is 0.917 bits per heavy atom. The highest BCUT2D eigenvalue weighted by molar-refractivity contribution is 7.90. The van der Waals surface area contributed by atoms with E-state index in [1.165, 1.54) is 42.3 Å². The number of halogens is 6. The summed E-state index contributed by atoms with van der Waals surface area (Å²) in [4.78, 5) is 14.6. The minimum absolute atomic E-state index is 0.0879. The van der Waals surface area contributed by atoms with E-state index in [1.807, 2.05) is 0 Å². The lowest BCUT2D eigenvalue weighted by molar-refractivity contribution is -0.0563. The van der Waals surface area contributed by atoms with Gasteiger partial charge in [-0.1, -0.05) is 24.3 Å². The summed E-state index contributed by atoms with van der Waals surface area (Å²) in [6.45, 7) is 1.97. The van der Waals surface area contributed by atoms with Crippen molar-refractivity contribution in [2.75, 3.05) is 11.9 Å². The molecular formula is C20H18F6N2O6S2. The molecule has 0 spiro atoms. The van der Waals surface area contributed by atoms with Crippen LogP contribution in [-0.2, 0) is 24.3 Å². The predicted octanol–water partition coefficient (Wildman–Crippen LogP) is 4.42. The van der Waals surface area contributed by atoms with Crippen molar-refractivity contribution in [3.05, 3.63) is 59.2 Å². The number of para-hydroxylation sites is 1. The zero-order valence-electron chi connectivity index (χ0n) is 18.6. The molecule has 16 heteroatoms. The van der Waals surface area contributed by atoms with Gasteiger partial charge < -0.3 is 4.90 Å². The minimum Gasteiger partial charge on any atom is -0.344 e. The number of nitrogens with zero attached hydrogens (tertiary/aromatic N) is 2. The van der Waals surface area contributed by atoms with E-state index in [0.717, 1.165) is 26.0 Å². The van der Waals surface area contributed by atoms with Gasteiger partial charge in [0.25, 0.3) is 5.91 Å². The van der Waals surface area contributed by atoms with Crippen LogP contribution in [0.5, 0.6) is 0 Å². The Morgan fingerprint density at radius 3 is 2.00 bits per heavy atom. The second-order valence-electron chi connectivity index (χ2n) is 7.88. The molecule has 0 saturated carbocycles. The maximum atomic E-state index is 13.3. The molecule has 3 rings (SSSR count). The summed E-state index contributed by atoms with van der Waals surface area (Å²) in [6.07, 6.45) is -2.14. The van der Waals surface area contributed by atoms with Gasteiger partial charge in [-0.05, 0) is 32.0 Å². The molecule has 0 bridgehead atoms. The quantitative estimate of drug-likeness (QED) is 0.303. The Hall–Kier alpha value is -2.85. The molecule has 2 aromatic carbocycles. The molecule has 0 aromatic heterocycles. The van der Waals surface area contributed by atoms with Crippen molar-refractivity contribution < 1.29 is 52.2 Å². The van der Waals surface area contributed by atoms with Crippen molar-refractivity contribution in [1.82, 2.24) is 4.31 Å². The molecule has 2 aromatic rings. The van der Waals surface area contributed by atoms with Crippen LogP contribution in [0.3, 0.4) is 0 Å². The van der Waals surface area contributed by atoms with Gasteiger partial charge in [-0.25, -0.2) is 8.49 Å². The number of hydrogen-bond donors (Lipinski definition) is 0. The first-order chi connectivity index (χ1) is 16.3. The predicted molar refractivity (Wildman–Crippen MR) is 115 cm³/mol. The van der Waals surface area contributed by atoms with Crippen LogP contribution in [0.1, 0.15) is 41.4 Å². The van der Waals surface area contributed by atoms with Crippen molar-refractivity contribution in [3.63, 3.8) is 0 Å². The number of rotatable bonds is 5. The van der Waals surface area contributed by atoms with E-state index in [-0.39, 0.29) is 16.9 Å².